The lowest BCUT2D eigenvalue weighted by Gasteiger charge is -2.27. The number of hydrogen-bond acceptors (Lipinski definition) is 2. The van der Waals surface area contributed by atoms with Crippen molar-refractivity contribution in [2.45, 2.75) is 19.8 Å². The minimum absolute atomic E-state index is 0.690. The molecule has 0 aliphatic rings. The molecule has 0 unspecified atom stereocenters. The highest BCUT2D eigenvalue weighted by molar-refractivity contribution is 6.26. The van der Waals surface area contributed by atoms with Crippen molar-refractivity contribution >= 4 is 82.0 Å². The minimum Gasteiger partial charge on any atom is -0.455 e. The third-order valence-electron chi connectivity index (χ3n) is 11.3. The Kier molecular flexibility index (Phi) is 8.65. The number of furan rings is 1. The molecule has 0 aliphatic carbocycles. The van der Waals surface area contributed by atoms with Crippen molar-refractivity contribution in [1.29, 1.82) is 0 Å². The van der Waals surface area contributed by atoms with Crippen LogP contribution in [-0.4, -0.2) is 6.54 Å². The summed E-state index contributed by atoms with van der Waals surface area (Å²) in [5, 5.41) is 12.3. The number of unbranched alkanes of at least 4 members (excludes halogenated alkanes) is 1. The predicted octanol–water partition coefficient (Wildman–Crippen LogP) is 15.4. The van der Waals surface area contributed by atoms with Crippen molar-refractivity contribution in [2.24, 2.45) is 0 Å². The minimum atomic E-state index is 0.690. The van der Waals surface area contributed by atoms with Gasteiger partial charge < -0.3 is 9.32 Å². The number of para-hydroxylation sites is 2. The van der Waals surface area contributed by atoms with Crippen LogP contribution in [-0.2, 0) is 0 Å². The Morgan fingerprint density at radius 3 is 1.84 bits per heavy atom. The summed E-state index contributed by atoms with van der Waals surface area (Å²) in [6, 6.07) is 63.7. The lowest BCUT2D eigenvalue weighted by Crippen LogP contribution is -2.17. The van der Waals surface area contributed by atoms with Gasteiger partial charge in [-0.25, -0.2) is 0 Å². The Morgan fingerprint density at radius 2 is 1.11 bits per heavy atom. The Morgan fingerprint density at radius 1 is 0.500 bits per heavy atom. The van der Waals surface area contributed by atoms with Gasteiger partial charge in [-0.2, -0.15) is 0 Å². The zero-order valence-electron chi connectivity index (χ0n) is 31.5. The molecule has 1 aromatic heterocycles. The third kappa shape index (κ3) is 5.82. The molecule has 0 saturated carbocycles. The smallest absolute Gasteiger partial charge is 0.143 e. The number of anilines is 2. The molecule has 0 spiro atoms. The molecule has 10 aromatic rings. The topological polar surface area (TPSA) is 16.4 Å². The second-order valence-corrected chi connectivity index (χ2v) is 14.6. The molecule has 268 valence electrons. The van der Waals surface area contributed by atoms with Crippen molar-refractivity contribution < 1.29 is 4.42 Å². The number of hydrogen-bond donors (Lipinski definition) is 0. The summed E-state index contributed by atoms with van der Waals surface area (Å²) in [7, 11) is 0. The van der Waals surface area contributed by atoms with Gasteiger partial charge in [0.15, 0.2) is 0 Å². The van der Waals surface area contributed by atoms with E-state index < -0.39 is 0 Å². The van der Waals surface area contributed by atoms with E-state index in [4.69, 9.17) is 4.42 Å². The molecule has 0 radical (unpaired) electrons. The van der Waals surface area contributed by atoms with Gasteiger partial charge in [0.2, 0.25) is 0 Å². The highest BCUT2D eigenvalue weighted by Crippen LogP contribution is 2.43. The molecule has 0 amide bonds. The number of allylic oxidation sites excluding steroid dienone is 3. The van der Waals surface area contributed by atoms with Crippen LogP contribution in [0, 0.1) is 0 Å². The summed E-state index contributed by atoms with van der Waals surface area (Å²) in [5.74, 6) is 0. The van der Waals surface area contributed by atoms with Crippen LogP contribution in [0.25, 0.3) is 81.7 Å². The molecule has 0 atom stereocenters. The van der Waals surface area contributed by atoms with Crippen molar-refractivity contribution in [3.63, 3.8) is 0 Å². The second-order valence-electron chi connectivity index (χ2n) is 14.6. The van der Waals surface area contributed by atoms with E-state index in [9.17, 15) is 0 Å². The summed E-state index contributed by atoms with van der Waals surface area (Å²) in [5.41, 5.74) is 8.90. The quantitative estimate of drug-likeness (QED) is 0.109. The zero-order valence-corrected chi connectivity index (χ0v) is 31.5. The summed E-state index contributed by atoms with van der Waals surface area (Å²) < 4.78 is 6.56. The second kappa shape index (κ2) is 14.4. The van der Waals surface area contributed by atoms with Crippen molar-refractivity contribution in [1.82, 2.24) is 0 Å². The molecule has 56 heavy (non-hydrogen) atoms. The fourth-order valence-electron chi connectivity index (χ4n) is 8.62. The maximum Gasteiger partial charge on any atom is 0.143 e. The first-order valence-electron chi connectivity index (χ1n) is 19.7. The van der Waals surface area contributed by atoms with E-state index in [-0.39, 0.29) is 0 Å². The molecule has 2 heteroatoms. The normalized spacial score (nSPS) is 12.3. The number of rotatable bonds is 9. The van der Waals surface area contributed by atoms with Crippen LogP contribution in [0.5, 0.6) is 0 Å². The first kappa shape index (κ1) is 33.7. The summed E-state index contributed by atoms with van der Waals surface area (Å²) in [6.45, 7) is 2.93. The van der Waals surface area contributed by atoms with E-state index in [1.807, 2.05) is 6.07 Å². The highest BCUT2D eigenvalue weighted by atomic mass is 16.3. The monoisotopic (exact) mass is 719 g/mol. The van der Waals surface area contributed by atoms with Gasteiger partial charge >= 0.3 is 0 Å². The zero-order chi connectivity index (χ0) is 37.4. The van der Waals surface area contributed by atoms with Gasteiger partial charge in [-0.05, 0) is 85.1 Å². The largest absolute Gasteiger partial charge is 0.455 e. The van der Waals surface area contributed by atoms with Crippen LogP contribution in [0.3, 0.4) is 0 Å². The molecule has 0 aliphatic heterocycles. The third-order valence-corrected chi connectivity index (χ3v) is 11.3. The molecular weight excluding hydrogens is 679 g/mol. The van der Waals surface area contributed by atoms with Gasteiger partial charge in [0.1, 0.15) is 11.2 Å². The van der Waals surface area contributed by atoms with Gasteiger partial charge in [-0.3, -0.25) is 0 Å². The van der Waals surface area contributed by atoms with E-state index in [2.05, 4.69) is 200 Å². The van der Waals surface area contributed by atoms with Gasteiger partial charge in [0.25, 0.3) is 0 Å². The Balaban J connectivity index is 1.17. The molecule has 9 aromatic carbocycles. The molecule has 0 fully saturated rings. The lowest BCUT2D eigenvalue weighted by molar-refractivity contribution is 0.670. The van der Waals surface area contributed by atoms with E-state index in [1.54, 1.807) is 0 Å². The van der Waals surface area contributed by atoms with Gasteiger partial charge in [-0.15, -0.1) is 0 Å². The maximum atomic E-state index is 6.56. The van der Waals surface area contributed by atoms with Gasteiger partial charge in [-0.1, -0.05) is 183 Å². The molecular formula is C54H41NO. The molecule has 0 N–H and O–H groups in total. The van der Waals surface area contributed by atoms with E-state index in [0.717, 1.165) is 57.3 Å². The molecule has 0 bridgehead atoms. The molecule has 1 heterocycles. The number of fused-ring (bicyclic) bond motifs is 10. The van der Waals surface area contributed by atoms with Crippen LogP contribution >= 0.6 is 0 Å². The number of nitrogens with zero attached hydrogens (tertiary/aromatic N) is 1. The van der Waals surface area contributed by atoms with Crippen LogP contribution < -0.4 is 4.90 Å². The Hall–Kier alpha value is -6.90. The highest BCUT2D eigenvalue weighted by Gasteiger charge is 2.19. The summed E-state index contributed by atoms with van der Waals surface area (Å²) in [6.07, 6.45) is 9.15. The van der Waals surface area contributed by atoms with Crippen LogP contribution in [0.4, 0.5) is 11.4 Å². The van der Waals surface area contributed by atoms with Crippen molar-refractivity contribution in [2.75, 3.05) is 11.4 Å². The summed E-state index contributed by atoms with van der Waals surface area (Å²) in [4.78, 5) is 2.48. The van der Waals surface area contributed by atoms with Gasteiger partial charge in [0.05, 0.1) is 0 Å². The van der Waals surface area contributed by atoms with Crippen LogP contribution in [0.15, 0.2) is 199 Å². The van der Waals surface area contributed by atoms with Crippen LogP contribution in [0.2, 0.25) is 0 Å². The molecule has 0 saturated heterocycles. The van der Waals surface area contributed by atoms with Crippen molar-refractivity contribution in [3.8, 4) is 11.1 Å². The first-order valence-corrected chi connectivity index (χ1v) is 19.7. The average Bonchev–Trinajstić information content (AvgIpc) is 3.65. The predicted molar refractivity (Wildman–Crippen MR) is 241 cm³/mol. The fourth-order valence-corrected chi connectivity index (χ4v) is 8.62. The SMILES string of the molecule is CCC/C=C(\C=C/CN(c1ccc2c3ccccc3c3ccccc3c2c1)c1ccc(-c2cccc3c2oc2ccccc23)c2ccccc12)c1ccccc1. The van der Waals surface area contributed by atoms with Gasteiger partial charge in [0, 0.05) is 39.6 Å². The van der Waals surface area contributed by atoms with Crippen LogP contribution in [0.1, 0.15) is 25.3 Å². The van der Waals surface area contributed by atoms with E-state index in [0.29, 0.717) is 6.54 Å². The lowest BCUT2D eigenvalue weighted by atomic mass is 9.93. The average molecular weight is 720 g/mol. The maximum absolute atomic E-state index is 6.56. The molecule has 2 nitrogen and oxygen atoms in total. The fraction of sp³-hybridized carbons (Fsp3) is 0.0741. The Bertz CT molecular complexity index is 3090. The number of benzene rings is 9. The Labute approximate surface area is 327 Å². The first-order chi connectivity index (χ1) is 27.8. The molecule has 10 rings (SSSR count). The van der Waals surface area contributed by atoms with Crippen molar-refractivity contribution in [3.05, 3.63) is 200 Å². The van der Waals surface area contributed by atoms with E-state index >= 15 is 0 Å². The van der Waals surface area contributed by atoms with E-state index in [1.165, 1.54) is 54.2 Å². The summed E-state index contributed by atoms with van der Waals surface area (Å²) >= 11 is 0. The standard InChI is InChI=1S/C54H41NO/c1-2-3-17-37(38-18-5-4-6-19-38)20-16-35-55(39-31-32-46-42-23-8-7-21-40(42)41-22-9-10-25-44(41)51(46)36-39)52-34-33-45(43-24-11-12-26-47(43)52)49-28-15-29-50-48-27-13-14-30-53(48)56-54(49)50/h4-34,36H,2-3,35H2,1H3/b20-16-,37-17+.